The third-order valence-corrected chi connectivity index (χ3v) is 7.00. The van der Waals surface area contributed by atoms with Crippen molar-refractivity contribution in [3.05, 3.63) is 29.3 Å². The van der Waals surface area contributed by atoms with Gasteiger partial charge >= 0.3 is 0 Å². The molecule has 1 aromatic rings. The van der Waals surface area contributed by atoms with Crippen molar-refractivity contribution in [2.45, 2.75) is 49.5 Å². The second-order valence-corrected chi connectivity index (χ2v) is 8.79. The minimum atomic E-state index is -3.68. The van der Waals surface area contributed by atoms with Gasteiger partial charge in [-0.15, -0.1) is 0 Å². The normalized spacial score (nSPS) is 23.2. The van der Waals surface area contributed by atoms with E-state index < -0.39 is 16.1 Å². The Morgan fingerprint density at radius 1 is 0.958 bits per heavy atom. The molecule has 2 aliphatic heterocycles. The summed E-state index contributed by atoms with van der Waals surface area (Å²) in [4.78, 5) is 14.9. The molecule has 7 heteroatoms. The van der Waals surface area contributed by atoms with Gasteiger partial charge in [-0.2, -0.15) is 4.31 Å². The van der Waals surface area contributed by atoms with Gasteiger partial charge in [-0.1, -0.05) is 18.0 Å². The number of halogens is 1. The van der Waals surface area contributed by atoms with Gasteiger partial charge in [0.15, 0.2) is 0 Å². The van der Waals surface area contributed by atoms with Crippen LogP contribution in [0.15, 0.2) is 29.2 Å². The molecule has 2 heterocycles. The second-order valence-electron chi connectivity index (χ2n) is 6.47. The predicted molar refractivity (Wildman–Crippen MR) is 93.4 cm³/mol. The Balaban J connectivity index is 1.85. The van der Waals surface area contributed by atoms with Crippen LogP contribution in [-0.4, -0.2) is 49.2 Å². The molecule has 0 aliphatic carbocycles. The third-order valence-electron chi connectivity index (χ3n) is 4.83. The summed E-state index contributed by atoms with van der Waals surface area (Å²) in [6, 6.07) is 5.58. The highest BCUT2D eigenvalue weighted by molar-refractivity contribution is 7.89. The molecule has 1 aromatic carbocycles. The van der Waals surface area contributed by atoms with E-state index in [0.717, 1.165) is 45.2 Å². The van der Waals surface area contributed by atoms with E-state index >= 15 is 0 Å². The van der Waals surface area contributed by atoms with Crippen molar-refractivity contribution in [2.24, 2.45) is 0 Å². The first-order valence-electron chi connectivity index (χ1n) is 8.56. The zero-order chi connectivity index (χ0) is 17.2. The number of piperidine rings is 2. The molecule has 1 atom stereocenters. The topological polar surface area (TPSA) is 57.7 Å². The first-order valence-corrected chi connectivity index (χ1v) is 10.4. The number of hydrogen-bond donors (Lipinski definition) is 0. The predicted octanol–water partition coefficient (Wildman–Crippen LogP) is 2.90. The van der Waals surface area contributed by atoms with Crippen molar-refractivity contribution in [1.29, 1.82) is 0 Å². The third kappa shape index (κ3) is 3.60. The number of amides is 1. The molecule has 0 bridgehead atoms. The molecule has 2 aliphatic rings. The highest BCUT2D eigenvalue weighted by Crippen LogP contribution is 2.28. The van der Waals surface area contributed by atoms with Crippen LogP contribution in [0.1, 0.15) is 38.5 Å². The van der Waals surface area contributed by atoms with Crippen molar-refractivity contribution >= 4 is 27.5 Å². The van der Waals surface area contributed by atoms with Crippen LogP contribution in [0, 0.1) is 0 Å². The van der Waals surface area contributed by atoms with Crippen LogP contribution in [0.3, 0.4) is 0 Å². The van der Waals surface area contributed by atoms with Crippen LogP contribution >= 0.6 is 11.6 Å². The molecule has 0 radical (unpaired) electrons. The number of sulfonamides is 1. The van der Waals surface area contributed by atoms with Gasteiger partial charge in [-0.05, 0) is 56.4 Å². The van der Waals surface area contributed by atoms with Crippen LogP contribution in [0.5, 0.6) is 0 Å². The fourth-order valence-electron chi connectivity index (χ4n) is 3.51. The minimum absolute atomic E-state index is 0.0352. The van der Waals surface area contributed by atoms with Gasteiger partial charge in [0.1, 0.15) is 6.04 Å². The molecule has 1 unspecified atom stereocenters. The van der Waals surface area contributed by atoms with Crippen molar-refractivity contribution in [3.63, 3.8) is 0 Å². The van der Waals surface area contributed by atoms with E-state index in [1.165, 1.54) is 16.4 Å². The Kier molecular flexibility index (Phi) is 5.47. The number of carbonyl (C=O) groups excluding carboxylic acids is 1. The zero-order valence-electron chi connectivity index (χ0n) is 13.7. The molecule has 0 spiro atoms. The first-order chi connectivity index (χ1) is 11.5. The zero-order valence-corrected chi connectivity index (χ0v) is 15.2. The lowest BCUT2D eigenvalue weighted by molar-refractivity contribution is -0.137. The van der Waals surface area contributed by atoms with Gasteiger partial charge in [0.05, 0.1) is 4.90 Å². The average Bonchev–Trinajstić information content (AvgIpc) is 2.62. The smallest absolute Gasteiger partial charge is 0.243 e. The summed E-state index contributed by atoms with van der Waals surface area (Å²) in [7, 11) is -3.68. The van der Waals surface area contributed by atoms with E-state index in [4.69, 9.17) is 11.6 Å². The highest BCUT2D eigenvalue weighted by atomic mass is 35.5. The van der Waals surface area contributed by atoms with Gasteiger partial charge in [0.2, 0.25) is 15.9 Å². The van der Waals surface area contributed by atoms with Crippen LogP contribution < -0.4 is 0 Å². The van der Waals surface area contributed by atoms with Crippen LogP contribution in [0.4, 0.5) is 0 Å². The molecular weight excluding hydrogens is 348 g/mol. The molecule has 5 nitrogen and oxygen atoms in total. The van der Waals surface area contributed by atoms with Crippen molar-refractivity contribution in [1.82, 2.24) is 9.21 Å². The SMILES string of the molecule is O=C(C1CCCCN1S(=O)(=O)c1ccc(Cl)cc1)N1CCCCC1. The maximum atomic E-state index is 13.0. The Bertz CT molecular complexity index is 684. The highest BCUT2D eigenvalue weighted by Gasteiger charge is 2.39. The quantitative estimate of drug-likeness (QED) is 0.822. The lowest BCUT2D eigenvalue weighted by Gasteiger charge is -2.38. The summed E-state index contributed by atoms with van der Waals surface area (Å²) in [6.45, 7) is 1.88. The van der Waals surface area contributed by atoms with E-state index in [1.54, 1.807) is 12.1 Å². The van der Waals surface area contributed by atoms with E-state index in [-0.39, 0.29) is 10.8 Å². The molecule has 132 valence electrons. The fraction of sp³-hybridized carbons (Fsp3) is 0.588. The van der Waals surface area contributed by atoms with Crippen LogP contribution in [-0.2, 0) is 14.8 Å². The average molecular weight is 371 g/mol. The number of likely N-dealkylation sites (tertiary alicyclic amines) is 1. The summed E-state index contributed by atoms with van der Waals surface area (Å²) in [6.07, 6.45) is 5.42. The van der Waals surface area contributed by atoms with Gasteiger partial charge in [-0.3, -0.25) is 4.79 Å². The van der Waals surface area contributed by atoms with Crippen molar-refractivity contribution in [2.75, 3.05) is 19.6 Å². The second kappa shape index (κ2) is 7.42. The number of rotatable bonds is 3. The van der Waals surface area contributed by atoms with Crippen LogP contribution in [0.25, 0.3) is 0 Å². The van der Waals surface area contributed by atoms with Crippen LogP contribution in [0.2, 0.25) is 5.02 Å². The molecule has 0 aromatic heterocycles. The molecule has 2 saturated heterocycles. The van der Waals surface area contributed by atoms with Crippen molar-refractivity contribution in [3.8, 4) is 0 Å². The standard InChI is InChI=1S/C17H23ClN2O3S/c18-14-7-9-15(10-8-14)24(22,23)20-13-5-2-6-16(20)17(21)19-11-3-1-4-12-19/h7-10,16H,1-6,11-13H2. The molecular formula is C17H23ClN2O3S. The van der Waals surface area contributed by atoms with Gasteiger partial charge < -0.3 is 4.90 Å². The Labute approximate surface area is 148 Å². The van der Waals surface area contributed by atoms with E-state index in [9.17, 15) is 13.2 Å². The van der Waals surface area contributed by atoms with E-state index in [2.05, 4.69) is 0 Å². The lowest BCUT2D eigenvalue weighted by atomic mass is 10.0. The largest absolute Gasteiger partial charge is 0.341 e. The van der Waals surface area contributed by atoms with E-state index in [0.29, 0.717) is 18.0 Å². The van der Waals surface area contributed by atoms with Crippen molar-refractivity contribution < 1.29 is 13.2 Å². The summed E-state index contributed by atoms with van der Waals surface area (Å²) in [5, 5.41) is 0.494. The van der Waals surface area contributed by atoms with E-state index in [1.807, 2.05) is 4.90 Å². The molecule has 1 amide bonds. The maximum Gasteiger partial charge on any atom is 0.243 e. The summed E-state index contributed by atoms with van der Waals surface area (Å²) < 4.78 is 27.4. The maximum absolute atomic E-state index is 13.0. The fourth-order valence-corrected chi connectivity index (χ4v) is 5.28. The minimum Gasteiger partial charge on any atom is -0.341 e. The number of nitrogens with zero attached hydrogens (tertiary/aromatic N) is 2. The molecule has 2 fully saturated rings. The lowest BCUT2D eigenvalue weighted by Crippen LogP contribution is -2.53. The first kappa shape index (κ1) is 17.7. The number of carbonyl (C=O) groups is 1. The number of benzene rings is 1. The van der Waals surface area contributed by atoms with Gasteiger partial charge in [0, 0.05) is 24.7 Å². The molecule has 3 rings (SSSR count). The molecule has 0 N–H and O–H groups in total. The molecule has 0 saturated carbocycles. The summed E-state index contributed by atoms with van der Waals surface area (Å²) in [5.41, 5.74) is 0. The Morgan fingerprint density at radius 2 is 1.58 bits per heavy atom. The van der Waals surface area contributed by atoms with Gasteiger partial charge in [0.25, 0.3) is 0 Å². The monoisotopic (exact) mass is 370 g/mol. The summed E-state index contributed by atoms with van der Waals surface area (Å²) >= 11 is 5.86. The Hall–Kier alpha value is -1.11. The Morgan fingerprint density at radius 3 is 2.25 bits per heavy atom. The van der Waals surface area contributed by atoms with Gasteiger partial charge in [-0.25, -0.2) is 8.42 Å². The number of hydrogen-bond acceptors (Lipinski definition) is 3. The summed E-state index contributed by atoms with van der Waals surface area (Å²) in [5.74, 6) is -0.0352. The molecule has 24 heavy (non-hydrogen) atoms.